The molecule has 0 atom stereocenters. The van der Waals surface area contributed by atoms with Gasteiger partial charge in [0.1, 0.15) is 5.82 Å². The SMILES string of the molecule is CCc1nc(Oc2ccc(C(F)(F)F)cc2N)cc(=O)[nH]1. The Hall–Kier alpha value is -2.51. The molecule has 0 radical (unpaired) electrons. The van der Waals surface area contributed by atoms with Crippen LogP contribution in [0.4, 0.5) is 18.9 Å². The Kier molecular flexibility index (Phi) is 3.88. The predicted molar refractivity (Wildman–Crippen MR) is 70.2 cm³/mol. The summed E-state index contributed by atoms with van der Waals surface area (Å²) in [4.78, 5) is 17.9. The van der Waals surface area contributed by atoms with Gasteiger partial charge >= 0.3 is 6.18 Å². The van der Waals surface area contributed by atoms with E-state index in [1.54, 1.807) is 6.92 Å². The summed E-state index contributed by atoms with van der Waals surface area (Å²) in [6, 6.07) is 3.80. The molecule has 0 saturated carbocycles. The highest BCUT2D eigenvalue weighted by molar-refractivity contribution is 5.55. The smallest absolute Gasteiger partial charge is 0.416 e. The number of nitrogen functional groups attached to an aromatic ring is 1. The highest BCUT2D eigenvalue weighted by Crippen LogP contribution is 2.34. The van der Waals surface area contributed by atoms with Crippen LogP contribution in [0.25, 0.3) is 0 Å². The standard InChI is InChI=1S/C13H12F3N3O2/c1-2-10-18-11(20)6-12(19-10)21-9-4-3-7(5-8(9)17)13(14,15)16/h3-6H,2,17H2,1H3,(H,18,19,20). The molecule has 0 spiro atoms. The molecule has 3 N–H and O–H groups in total. The Morgan fingerprint density at radius 2 is 2.05 bits per heavy atom. The number of benzene rings is 1. The zero-order chi connectivity index (χ0) is 15.6. The van der Waals surface area contributed by atoms with E-state index < -0.39 is 17.3 Å². The van der Waals surface area contributed by atoms with Crippen LogP contribution >= 0.6 is 0 Å². The van der Waals surface area contributed by atoms with Gasteiger partial charge in [-0.05, 0) is 18.2 Å². The molecule has 0 bridgehead atoms. The van der Waals surface area contributed by atoms with Crippen molar-refractivity contribution in [1.29, 1.82) is 0 Å². The third kappa shape index (κ3) is 3.53. The maximum atomic E-state index is 12.5. The van der Waals surface area contributed by atoms with Crippen LogP contribution in [0.3, 0.4) is 0 Å². The van der Waals surface area contributed by atoms with Crippen molar-refractivity contribution >= 4 is 5.69 Å². The number of hydrogen-bond donors (Lipinski definition) is 2. The minimum absolute atomic E-state index is 0.00292. The molecular formula is C13H12F3N3O2. The van der Waals surface area contributed by atoms with E-state index in [0.29, 0.717) is 12.2 Å². The molecule has 0 aliphatic carbocycles. The number of aryl methyl sites for hydroxylation is 1. The van der Waals surface area contributed by atoms with Crippen molar-refractivity contribution in [1.82, 2.24) is 9.97 Å². The molecule has 5 nitrogen and oxygen atoms in total. The van der Waals surface area contributed by atoms with Crippen molar-refractivity contribution in [3.05, 3.63) is 46.0 Å². The van der Waals surface area contributed by atoms with E-state index in [1.807, 2.05) is 0 Å². The average molecular weight is 299 g/mol. The molecule has 21 heavy (non-hydrogen) atoms. The van der Waals surface area contributed by atoms with Gasteiger partial charge in [-0.2, -0.15) is 18.2 Å². The van der Waals surface area contributed by atoms with Crippen molar-refractivity contribution in [2.24, 2.45) is 0 Å². The first-order chi connectivity index (χ1) is 9.79. The van der Waals surface area contributed by atoms with Crippen LogP contribution in [0.15, 0.2) is 29.1 Å². The van der Waals surface area contributed by atoms with Crippen LogP contribution in [0.2, 0.25) is 0 Å². The molecule has 112 valence electrons. The Bertz CT molecular complexity index is 711. The third-order valence-corrected chi connectivity index (χ3v) is 2.65. The monoisotopic (exact) mass is 299 g/mol. The normalized spacial score (nSPS) is 11.4. The highest BCUT2D eigenvalue weighted by atomic mass is 19.4. The zero-order valence-electron chi connectivity index (χ0n) is 11.0. The minimum Gasteiger partial charge on any atom is -0.437 e. The van der Waals surface area contributed by atoms with Crippen molar-refractivity contribution in [3.8, 4) is 11.6 Å². The summed E-state index contributed by atoms with van der Waals surface area (Å²) < 4.78 is 42.8. The Balaban J connectivity index is 2.32. The molecule has 2 aromatic rings. The third-order valence-electron chi connectivity index (χ3n) is 2.65. The second-order valence-electron chi connectivity index (χ2n) is 4.24. The lowest BCUT2D eigenvalue weighted by Gasteiger charge is -2.11. The van der Waals surface area contributed by atoms with Gasteiger partial charge in [-0.1, -0.05) is 6.92 Å². The topological polar surface area (TPSA) is 81.0 Å². The van der Waals surface area contributed by atoms with Crippen molar-refractivity contribution in [2.75, 3.05) is 5.73 Å². The van der Waals surface area contributed by atoms with Crippen LogP contribution in [0, 0.1) is 0 Å². The minimum atomic E-state index is -4.48. The number of nitrogens with one attached hydrogen (secondary N) is 1. The molecule has 1 aromatic heterocycles. The molecule has 8 heteroatoms. The first kappa shape index (κ1) is 14.9. The molecular weight excluding hydrogens is 287 g/mol. The molecule has 0 aliphatic rings. The largest absolute Gasteiger partial charge is 0.437 e. The van der Waals surface area contributed by atoms with Gasteiger partial charge in [-0.25, -0.2) is 0 Å². The number of halogens is 3. The maximum Gasteiger partial charge on any atom is 0.416 e. The number of hydrogen-bond acceptors (Lipinski definition) is 4. The fraction of sp³-hybridized carbons (Fsp3) is 0.231. The van der Waals surface area contributed by atoms with Gasteiger partial charge in [0.05, 0.1) is 17.3 Å². The van der Waals surface area contributed by atoms with Gasteiger partial charge in [0.25, 0.3) is 5.56 Å². The molecule has 0 fully saturated rings. The van der Waals surface area contributed by atoms with Crippen molar-refractivity contribution in [2.45, 2.75) is 19.5 Å². The van der Waals surface area contributed by atoms with E-state index >= 15 is 0 Å². The summed E-state index contributed by atoms with van der Waals surface area (Å²) in [5.41, 5.74) is 4.06. The second kappa shape index (κ2) is 5.47. The van der Waals surface area contributed by atoms with E-state index in [0.717, 1.165) is 24.3 Å². The van der Waals surface area contributed by atoms with Gasteiger partial charge in [-0.15, -0.1) is 0 Å². The Labute approximate surface area is 117 Å². The lowest BCUT2D eigenvalue weighted by Crippen LogP contribution is -2.11. The fourth-order valence-corrected chi connectivity index (χ4v) is 1.63. The molecule has 0 saturated heterocycles. The number of alkyl halides is 3. The number of nitrogens with zero attached hydrogens (tertiary/aromatic N) is 1. The lowest BCUT2D eigenvalue weighted by atomic mass is 10.2. The summed E-state index contributed by atoms with van der Waals surface area (Å²) >= 11 is 0. The van der Waals surface area contributed by atoms with Gasteiger partial charge in [0, 0.05) is 6.42 Å². The molecule has 2 rings (SSSR count). The first-order valence-corrected chi connectivity index (χ1v) is 6.04. The summed E-state index contributed by atoms with van der Waals surface area (Å²) in [5.74, 6) is 0.383. The number of ether oxygens (including phenoxy) is 1. The van der Waals surface area contributed by atoms with E-state index in [9.17, 15) is 18.0 Å². The number of rotatable bonds is 3. The predicted octanol–water partition coefficient (Wildman–Crippen LogP) is 2.73. The summed E-state index contributed by atoms with van der Waals surface area (Å²) in [7, 11) is 0. The number of anilines is 1. The van der Waals surface area contributed by atoms with Crippen LogP contribution in [-0.4, -0.2) is 9.97 Å². The summed E-state index contributed by atoms with van der Waals surface area (Å²) in [6.07, 6.45) is -4.00. The van der Waals surface area contributed by atoms with Gasteiger partial charge in [0.2, 0.25) is 5.88 Å². The number of H-pyrrole nitrogens is 1. The van der Waals surface area contributed by atoms with Crippen molar-refractivity contribution < 1.29 is 17.9 Å². The maximum absolute atomic E-state index is 12.5. The summed E-state index contributed by atoms with van der Waals surface area (Å²) in [5, 5.41) is 0. The van der Waals surface area contributed by atoms with E-state index in [1.165, 1.54) is 0 Å². The Morgan fingerprint density at radius 3 is 2.62 bits per heavy atom. The number of aromatic amines is 1. The van der Waals surface area contributed by atoms with E-state index in [4.69, 9.17) is 10.5 Å². The first-order valence-electron chi connectivity index (χ1n) is 6.04. The zero-order valence-corrected chi connectivity index (χ0v) is 11.0. The van der Waals surface area contributed by atoms with Crippen LogP contribution in [0.1, 0.15) is 18.3 Å². The average Bonchev–Trinajstić information content (AvgIpc) is 2.39. The van der Waals surface area contributed by atoms with Gasteiger partial charge in [0.15, 0.2) is 5.75 Å². The molecule has 1 aromatic carbocycles. The van der Waals surface area contributed by atoms with Crippen molar-refractivity contribution in [3.63, 3.8) is 0 Å². The van der Waals surface area contributed by atoms with Crippen LogP contribution in [0.5, 0.6) is 11.6 Å². The molecule has 0 unspecified atom stereocenters. The number of aromatic nitrogens is 2. The quantitative estimate of drug-likeness (QED) is 0.854. The Morgan fingerprint density at radius 1 is 1.33 bits per heavy atom. The molecule has 0 amide bonds. The van der Waals surface area contributed by atoms with E-state index in [2.05, 4.69) is 9.97 Å². The van der Waals surface area contributed by atoms with Crippen LogP contribution < -0.4 is 16.0 Å². The summed E-state index contributed by atoms with van der Waals surface area (Å²) in [6.45, 7) is 1.79. The van der Waals surface area contributed by atoms with E-state index in [-0.39, 0.29) is 17.3 Å². The molecule has 1 heterocycles. The lowest BCUT2D eigenvalue weighted by molar-refractivity contribution is -0.137. The fourth-order valence-electron chi connectivity index (χ4n) is 1.63. The van der Waals surface area contributed by atoms with Crippen LogP contribution in [-0.2, 0) is 12.6 Å². The molecule has 0 aliphatic heterocycles. The second-order valence-corrected chi connectivity index (χ2v) is 4.24. The van der Waals surface area contributed by atoms with Gasteiger partial charge in [-0.3, -0.25) is 4.79 Å². The van der Waals surface area contributed by atoms with Gasteiger partial charge < -0.3 is 15.5 Å². The highest BCUT2D eigenvalue weighted by Gasteiger charge is 2.31. The number of nitrogens with two attached hydrogens (primary N) is 1.